The van der Waals surface area contributed by atoms with Crippen molar-refractivity contribution in [3.63, 3.8) is 0 Å². The Hall–Kier alpha value is -2.04. The van der Waals surface area contributed by atoms with E-state index < -0.39 is 0 Å². The Labute approximate surface area is 120 Å². The molecule has 0 fully saturated rings. The van der Waals surface area contributed by atoms with Gasteiger partial charge in [0.15, 0.2) is 0 Å². The SMILES string of the molecule is Cc1ccccc1C(=O)N(CCC(N)=NO)CC(C)C. The van der Waals surface area contributed by atoms with Gasteiger partial charge in [-0.25, -0.2) is 0 Å². The molecule has 0 heterocycles. The Balaban J connectivity index is 2.87. The van der Waals surface area contributed by atoms with Crippen LogP contribution in [-0.2, 0) is 0 Å². The van der Waals surface area contributed by atoms with E-state index in [1.807, 2.05) is 31.2 Å². The van der Waals surface area contributed by atoms with Gasteiger partial charge in [0.2, 0.25) is 0 Å². The van der Waals surface area contributed by atoms with Gasteiger partial charge in [-0.1, -0.05) is 37.2 Å². The molecule has 5 nitrogen and oxygen atoms in total. The lowest BCUT2D eigenvalue weighted by Gasteiger charge is -2.25. The zero-order chi connectivity index (χ0) is 15.1. The largest absolute Gasteiger partial charge is 0.409 e. The highest BCUT2D eigenvalue weighted by molar-refractivity contribution is 5.96. The predicted octanol–water partition coefficient (Wildman–Crippen LogP) is 2.23. The minimum atomic E-state index is -0.0115. The van der Waals surface area contributed by atoms with E-state index in [9.17, 15) is 4.79 Å². The van der Waals surface area contributed by atoms with Gasteiger partial charge in [-0.2, -0.15) is 0 Å². The first-order valence-corrected chi connectivity index (χ1v) is 6.77. The van der Waals surface area contributed by atoms with E-state index in [1.165, 1.54) is 0 Å². The highest BCUT2D eigenvalue weighted by Gasteiger charge is 2.18. The number of oxime groups is 1. The van der Waals surface area contributed by atoms with Gasteiger partial charge in [0.05, 0.1) is 0 Å². The molecule has 5 heteroatoms. The standard InChI is InChI=1S/C15H23N3O2/c1-11(2)10-18(9-8-14(16)17-20)15(19)13-7-5-4-6-12(13)3/h4-7,11,20H,8-10H2,1-3H3,(H2,16,17). The predicted molar refractivity (Wildman–Crippen MR) is 79.9 cm³/mol. The van der Waals surface area contributed by atoms with Crippen molar-refractivity contribution in [3.8, 4) is 0 Å². The molecular formula is C15H23N3O2. The van der Waals surface area contributed by atoms with Gasteiger partial charge in [0.25, 0.3) is 5.91 Å². The number of nitrogens with zero attached hydrogens (tertiary/aromatic N) is 2. The fourth-order valence-corrected chi connectivity index (χ4v) is 2.00. The van der Waals surface area contributed by atoms with Gasteiger partial charge in [-0.05, 0) is 24.5 Å². The molecule has 1 aromatic rings. The summed E-state index contributed by atoms with van der Waals surface area (Å²) in [7, 11) is 0. The van der Waals surface area contributed by atoms with Crippen LogP contribution in [0.2, 0.25) is 0 Å². The van der Waals surface area contributed by atoms with Gasteiger partial charge >= 0.3 is 0 Å². The summed E-state index contributed by atoms with van der Waals surface area (Å²) >= 11 is 0. The van der Waals surface area contributed by atoms with Crippen molar-refractivity contribution in [3.05, 3.63) is 35.4 Å². The number of hydrogen-bond donors (Lipinski definition) is 2. The molecule has 3 N–H and O–H groups in total. The van der Waals surface area contributed by atoms with E-state index in [0.717, 1.165) is 5.56 Å². The molecule has 110 valence electrons. The number of amides is 1. The Morgan fingerprint density at radius 1 is 1.40 bits per heavy atom. The molecule has 0 radical (unpaired) electrons. The summed E-state index contributed by atoms with van der Waals surface area (Å²) in [5, 5.41) is 11.5. The summed E-state index contributed by atoms with van der Waals surface area (Å²) < 4.78 is 0. The molecule has 0 spiro atoms. The first-order chi connectivity index (χ1) is 9.45. The van der Waals surface area contributed by atoms with Crippen molar-refractivity contribution < 1.29 is 10.0 Å². The molecule has 1 amide bonds. The lowest BCUT2D eigenvalue weighted by Crippen LogP contribution is -2.37. The molecular weight excluding hydrogens is 254 g/mol. The molecule has 0 saturated heterocycles. The number of aryl methyl sites for hydroxylation is 1. The van der Waals surface area contributed by atoms with Crippen LogP contribution in [0, 0.1) is 12.8 Å². The molecule has 0 atom stereocenters. The Morgan fingerprint density at radius 3 is 2.60 bits per heavy atom. The Kier molecular flexibility index (Phi) is 6.03. The lowest BCUT2D eigenvalue weighted by atomic mass is 10.1. The van der Waals surface area contributed by atoms with Crippen LogP contribution in [0.25, 0.3) is 0 Å². The smallest absolute Gasteiger partial charge is 0.254 e. The molecule has 0 saturated carbocycles. The highest BCUT2D eigenvalue weighted by atomic mass is 16.4. The molecule has 1 aromatic carbocycles. The lowest BCUT2D eigenvalue weighted by molar-refractivity contribution is 0.0740. The zero-order valence-corrected chi connectivity index (χ0v) is 12.3. The molecule has 0 aliphatic carbocycles. The van der Waals surface area contributed by atoms with Crippen LogP contribution in [0.4, 0.5) is 0 Å². The van der Waals surface area contributed by atoms with E-state index in [2.05, 4.69) is 19.0 Å². The van der Waals surface area contributed by atoms with Crippen LogP contribution in [0.1, 0.15) is 36.2 Å². The molecule has 0 aliphatic rings. The summed E-state index contributed by atoms with van der Waals surface area (Å²) in [5.74, 6) is 0.481. The normalized spacial score (nSPS) is 11.7. The number of carbonyl (C=O) groups is 1. The highest BCUT2D eigenvalue weighted by Crippen LogP contribution is 2.12. The molecule has 20 heavy (non-hydrogen) atoms. The molecule has 0 aliphatic heterocycles. The fraction of sp³-hybridized carbons (Fsp3) is 0.467. The molecule has 0 aromatic heterocycles. The number of nitrogens with two attached hydrogens (primary N) is 1. The number of hydrogen-bond acceptors (Lipinski definition) is 3. The van der Waals surface area contributed by atoms with E-state index >= 15 is 0 Å². The maximum absolute atomic E-state index is 12.6. The monoisotopic (exact) mass is 277 g/mol. The van der Waals surface area contributed by atoms with E-state index in [1.54, 1.807) is 4.90 Å². The second kappa shape index (κ2) is 7.53. The second-order valence-electron chi connectivity index (χ2n) is 5.30. The van der Waals surface area contributed by atoms with Gasteiger partial charge < -0.3 is 15.8 Å². The Bertz CT molecular complexity index is 484. The van der Waals surface area contributed by atoms with Crippen LogP contribution in [0.3, 0.4) is 0 Å². The van der Waals surface area contributed by atoms with E-state index in [4.69, 9.17) is 10.9 Å². The van der Waals surface area contributed by atoms with Crippen molar-refractivity contribution in [2.75, 3.05) is 13.1 Å². The summed E-state index contributed by atoms with van der Waals surface area (Å²) in [4.78, 5) is 14.3. The van der Waals surface area contributed by atoms with Crippen LogP contribution in [0.15, 0.2) is 29.4 Å². The first kappa shape index (κ1) is 16.0. The quantitative estimate of drug-likeness (QED) is 0.362. The van der Waals surface area contributed by atoms with Crippen molar-refractivity contribution in [1.82, 2.24) is 4.90 Å². The third-order valence-corrected chi connectivity index (χ3v) is 3.01. The minimum absolute atomic E-state index is 0.0115. The van der Waals surface area contributed by atoms with Crippen molar-refractivity contribution >= 4 is 11.7 Å². The van der Waals surface area contributed by atoms with Crippen LogP contribution in [-0.4, -0.2) is 34.9 Å². The number of amidine groups is 1. The summed E-state index contributed by atoms with van der Waals surface area (Å²) in [5.41, 5.74) is 7.14. The third-order valence-electron chi connectivity index (χ3n) is 3.01. The van der Waals surface area contributed by atoms with Gasteiger partial charge in [0, 0.05) is 25.1 Å². The second-order valence-corrected chi connectivity index (χ2v) is 5.30. The minimum Gasteiger partial charge on any atom is -0.409 e. The van der Waals surface area contributed by atoms with Crippen molar-refractivity contribution in [2.24, 2.45) is 16.8 Å². The topological polar surface area (TPSA) is 78.9 Å². The van der Waals surface area contributed by atoms with Gasteiger partial charge in [-0.15, -0.1) is 0 Å². The maximum atomic E-state index is 12.6. The molecule has 1 rings (SSSR count). The number of rotatable bonds is 6. The van der Waals surface area contributed by atoms with Crippen molar-refractivity contribution in [2.45, 2.75) is 27.2 Å². The maximum Gasteiger partial charge on any atom is 0.254 e. The summed E-state index contributed by atoms with van der Waals surface area (Å²) in [6, 6.07) is 7.52. The molecule has 0 unspecified atom stereocenters. The molecule has 0 bridgehead atoms. The van der Waals surface area contributed by atoms with Crippen LogP contribution < -0.4 is 5.73 Å². The number of carbonyl (C=O) groups excluding carboxylic acids is 1. The van der Waals surface area contributed by atoms with E-state index in [0.29, 0.717) is 31.0 Å². The van der Waals surface area contributed by atoms with Crippen LogP contribution >= 0.6 is 0 Å². The average Bonchev–Trinajstić information content (AvgIpc) is 2.42. The summed E-state index contributed by atoms with van der Waals surface area (Å²) in [6.07, 6.45) is 0.362. The average molecular weight is 277 g/mol. The van der Waals surface area contributed by atoms with Crippen LogP contribution in [0.5, 0.6) is 0 Å². The fourth-order valence-electron chi connectivity index (χ4n) is 2.00. The first-order valence-electron chi connectivity index (χ1n) is 6.77. The van der Waals surface area contributed by atoms with Crippen molar-refractivity contribution in [1.29, 1.82) is 0 Å². The number of benzene rings is 1. The third kappa shape index (κ3) is 4.57. The Morgan fingerprint density at radius 2 is 2.05 bits per heavy atom. The van der Waals surface area contributed by atoms with E-state index in [-0.39, 0.29) is 11.7 Å². The van der Waals surface area contributed by atoms with Gasteiger partial charge in [-0.3, -0.25) is 4.79 Å². The zero-order valence-electron chi connectivity index (χ0n) is 12.3. The summed E-state index contributed by atoms with van der Waals surface area (Å²) in [6.45, 7) is 7.13. The van der Waals surface area contributed by atoms with Gasteiger partial charge in [0.1, 0.15) is 5.84 Å².